The lowest BCUT2D eigenvalue weighted by Gasteiger charge is -2.18. The van der Waals surface area contributed by atoms with Gasteiger partial charge in [0.1, 0.15) is 5.82 Å². The highest BCUT2D eigenvalue weighted by Crippen LogP contribution is 2.52. The van der Waals surface area contributed by atoms with Crippen LogP contribution in [0.15, 0.2) is 84.0 Å². The third-order valence-corrected chi connectivity index (χ3v) is 8.27. The van der Waals surface area contributed by atoms with Crippen molar-refractivity contribution in [3.05, 3.63) is 123 Å². The Morgan fingerprint density at radius 2 is 1.72 bits per heavy atom. The van der Waals surface area contributed by atoms with Gasteiger partial charge < -0.3 is 0 Å². The zero-order valence-corrected chi connectivity index (χ0v) is 21.4. The van der Waals surface area contributed by atoms with Gasteiger partial charge in [-0.05, 0) is 66.9 Å². The van der Waals surface area contributed by atoms with Gasteiger partial charge in [-0.15, -0.1) is 0 Å². The van der Waals surface area contributed by atoms with Crippen LogP contribution in [0.1, 0.15) is 65.5 Å². The van der Waals surface area contributed by atoms with E-state index in [0.29, 0.717) is 11.5 Å². The van der Waals surface area contributed by atoms with Crippen LogP contribution in [0.3, 0.4) is 0 Å². The second-order valence-electron chi connectivity index (χ2n) is 11.2. The van der Waals surface area contributed by atoms with Gasteiger partial charge in [-0.25, -0.2) is 4.39 Å². The molecule has 2 heteroatoms. The van der Waals surface area contributed by atoms with Crippen molar-refractivity contribution in [2.45, 2.75) is 52.4 Å². The Morgan fingerprint density at radius 1 is 0.944 bits per heavy atom. The fraction of sp³-hybridized carbons (Fsp3) is 0.324. The number of carbonyl (C=O) groups excluding carboxylic acids is 1. The van der Waals surface area contributed by atoms with Crippen LogP contribution in [0.25, 0.3) is 5.57 Å². The molecule has 0 aliphatic heterocycles. The summed E-state index contributed by atoms with van der Waals surface area (Å²) in [7, 11) is 0. The lowest BCUT2D eigenvalue weighted by atomic mass is 9.84. The lowest BCUT2D eigenvalue weighted by molar-refractivity contribution is -0.112. The molecule has 3 atom stereocenters. The maximum Gasteiger partial charge on any atom is 0.186 e. The number of fused-ring (bicyclic) bond motifs is 1. The zero-order valence-electron chi connectivity index (χ0n) is 21.4. The van der Waals surface area contributed by atoms with Crippen LogP contribution >= 0.6 is 0 Å². The molecule has 3 aromatic rings. The minimum absolute atomic E-state index is 0.0922. The van der Waals surface area contributed by atoms with E-state index in [1.165, 1.54) is 36.5 Å². The average molecular weight is 477 g/mol. The van der Waals surface area contributed by atoms with E-state index >= 15 is 4.39 Å². The Balaban J connectivity index is 1.47. The molecule has 1 nitrogen and oxygen atoms in total. The van der Waals surface area contributed by atoms with Crippen molar-refractivity contribution in [3.8, 4) is 0 Å². The molecule has 0 N–H and O–H groups in total. The monoisotopic (exact) mass is 476 g/mol. The van der Waals surface area contributed by atoms with Crippen LogP contribution in [-0.2, 0) is 11.2 Å². The van der Waals surface area contributed by atoms with Crippen LogP contribution in [-0.4, -0.2) is 5.78 Å². The van der Waals surface area contributed by atoms with E-state index in [1.54, 1.807) is 6.07 Å². The fourth-order valence-electron chi connectivity index (χ4n) is 6.20. The SMILES string of the molecule is Cc1cccc(CC2C(C(=O)C3=CC3C(C)CC3CC3)=C(c3ccccc3F)c3cc(C)ccc32)c1. The molecule has 3 aliphatic rings. The molecule has 3 unspecified atom stereocenters. The molecule has 182 valence electrons. The normalized spacial score (nSPS) is 21.3. The molecule has 0 spiro atoms. The van der Waals surface area contributed by atoms with Crippen LogP contribution < -0.4 is 0 Å². The van der Waals surface area contributed by atoms with E-state index in [0.717, 1.165) is 45.7 Å². The summed E-state index contributed by atoms with van der Waals surface area (Å²) in [6.45, 7) is 6.44. The first-order valence-electron chi connectivity index (χ1n) is 13.3. The summed E-state index contributed by atoms with van der Waals surface area (Å²) in [6.07, 6.45) is 6.75. The maximum atomic E-state index is 15.3. The van der Waals surface area contributed by atoms with Crippen molar-refractivity contribution < 1.29 is 9.18 Å². The van der Waals surface area contributed by atoms with Gasteiger partial charge in [-0.2, -0.15) is 0 Å². The van der Waals surface area contributed by atoms with Crippen LogP contribution in [0.2, 0.25) is 0 Å². The van der Waals surface area contributed by atoms with Gasteiger partial charge in [0.25, 0.3) is 0 Å². The number of rotatable bonds is 8. The van der Waals surface area contributed by atoms with Gasteiger partial charge >= 0.3 is 0 Å². The highest BCUT2D eigenvalue weighted by molar-refractivity contribution is 6.19. The van der Waals surface area contributed by atoms with Gasteiger partial charge in [-0.3, -0.25) is 4.79 Å². The molecule has 36 heavy (non-hydrogen) atoms. The number of ketones is 1. The molecule has 0 radical (unpaired) electrons. The molecule has 0 amide bonds. The van der Waals surface area contributed by atoms with E-state index in [9.17, 15) is 4.79 Å². The second-order valence-corrected chi connectivity index (χ2v) is 11.2. The highest BCUT2D eigenvalue weighted by atomic mass is 19.1. The number of hydrogen-bond donors (Lipinski definition) is 0. The number of aryl methyl sites for hydroxylation is 2. The summed E-state index contributed by atoms with van der Waals surface area (Å²) in [5, 5.41) is 0. The first-order valence-corrected chi connectivity index (χ1v) is 13.3. The first kappa shape index (κ1) is 23.2. The number of Topliss-reactive ketones (excluding diaryl/α,β-unsaturated/α-hetero) is 1. The molecule has 3 aromatic carbocycles. The molecule has 0 saturated heterocycles. The molecule has 1 fully saturated rings. The van der Waals surface area contributed by atoms with Crippen LogP contribution in [0.5, 0.6) is 0 Å². The van der Waals surface area contributed by atoms with E-state index in [2.05, 4.69) is 69.3 Å². The number of carbonyl (C=O) groups is 1. The van der Waals surface area contributed by atoms with E-state index in [4.69, 9.17) is 0 Å². The van der Waals surface area contributed by atoms with Gasteiger partial charge in [0.15, 0.2) is 5.78 Å². The molecular formula is C34H33FO. The van der Waals surface area contributed by atoms with Gasteiger partial charge in [0.05, 0.1) is 0 Å². The fourth-order valence-corrected chi connectivity index (χ4v) is 6.20. The van der Waals surface area contributed by atoms with E-state index in [1.807, 2.05) is 12.1 Å². The largest absolute Gasteiger partial charge is 0.289 e. The molecule has 0 heterocycles. The quantitative estimate of drug-likeness (QED) is 0.321. The highest BCUT2D eigenvalue weighted by Gasteiger charge is 2.44. The predicted octanol–water partition coefficient (Wildman–Crippen LogP) is 8.15. The Bertz CT molecular complexity index is 1420. The predicted molar refractivity (Wildman–Crippen MR) is 144 cm³/mol. The standard InChI is InChI=1S/C34H33FO/c1-20-7-6-8-24(15-20)18-29-25-14-11-21(2)16-28(25)32(26-9-4-5-10-31(26)35)33(29)34(36)30-19-27(30)22(3)17-23-12-13-23/h4-11,14-16,19,22-23,27,29H,12-13,17-18H2,1-3H3. The number of halogens is 1. The number of benzene rings is 3. The third-order valence-electron chi connectivity index (χ3n) is 8.27. The number of hydrogen-bond acceptors (Lipinski definition) is 1. The Kier molecular flexibility index (Phi) is 5.79. The van der Waals surface area contributed by atoms with Gasteiger partial charge in [-0.1, -0.05) is 97.6 Å². The van der Waals surface area contributed by atoms with Gasteiger partial charge in [0.2, 0.25) is 0 Å². The first-order chi connectivity index (χ1) is 17.4. The summed E-state index contributed by atoms with van der Waals surface area (Å²) < 4.78 is 15.3. The van der Waals surface area contributed by atoms with Gasteiger partial charge in [0, 0.05) is 28.5 Å². The summed E-state index contributed by atoms with van der Waals surface area (Å²) in [5.41, 5.74) is 8.69. The second kappa shape index (κ2) is 9.00. The summed E-state index contributed by atoms with van der Waals surface area (Å²) in [5.74, 6) is 1.35. The minimum atomic E-state index is -0.273. The molecule has 3 aliphatic carbocycles. The van der Waals surface area contributed by atoms with Crippen molar-refractivity contribution in [3.63, 3.8) is 0 Å². The van der Waals surface area contributed by atoms with Crippen molar-refractivity contribution in [2.24, 2.45) is 17.8 Å². The average Bonchev–Trinajstić information content (AvgIpc) is 3.77. The summed E-state index contributed by atoms with van der Waals surface area (Å²) >= 11 is 0. The molecule has 0 bridgehead atoms. The Labute approximate surface area is 213 Å². The van der Waals surface area contributed by atoms with Crippen molar-refractivity contribution in [2.75, 3.05) is 0 Å². The molecule has 0 aromatic heterocycles. The molecular weight excluding hydrogens is 443 g/mol. The zero-order chi connectivity index (χ0) is 25.0. The van der Waals surface area contributed by atoms with Crippen LogP contribution in [0, 0.1) is 37.4 Å². The summed E-state index contributed by atoms with van der Waals surface area (Å²) in [4.78, 5) is 14.3. The number of allylic oxidation sites excluding steroid dienone is 3. The van der Waals surface area contributed by atoms with Crippen molar-refractivity contribution >= 4 is 11.4 Å². The topological polar surface area (TPSA) is 17.1 Å². The summed E-state index contributed by atoms with van der Waals surface area (Å²) in [6, 6.07) is 21.8. The lowest BCUT2D eigenvalue weighted by Crippen LogP contribution is -2.14. The van der Waals surface area contributed by atoms with Crippen molar-refractivity contribution in [1.29, 1.82) is 0 Å². The Morgan fingerprint density at radius 3 is 2.47 bits per heavy atom. The maximum absolute atomic E-state index is 15.3. The van der Waals surface area contributed by atoms with Crippen molar-refractivity contribution in [1.82, 2.24) is 0 Å². The molecule has 6 rings (SSSR count). The van der Waals surface area contributed by atoms with Crippen LogP contribution in [0.4, 0.5) is 4.39 Å². The minimum Gasteiger partial charge on any atom is -0.289 e. The smallest absolute Gasteiger partial charge is 0.186 e. The van der Waals surface area contributed by atoms with E-state index < -0.39 is 0 Å². The molecule has 1 saturated carbocycles. The van der Waals surface area contributed by atoms with E-state index in [-0.39, 0.29) is 23.4 Å². The Hall–Kier alpha value is -3.26. The third kappa shape index (κ3) is 4.28.